The highest BCUT2D eigenvalue weighted by Crippen LogP contribution is 2.22. The fourth-order valence-corrected chi connectivity index (χ4v) is 3.52. The minimum Gasteiger partial charge on any atom is -0.336 e. The van der Waals surface area contributed by atoms with Gasteiger partial charge < -0.3 is 10.2 Å². The van der Waals surface area contributed by atoms with Gasteiger partial charge in [-0.2, -0.15) is 0 Å². The summed E-state index contributed by atoms with van der Waals surface area (Å²) in [6.07, 6.45) is 1.61. The zero-order valence-corrected chi connectivity index (χ0v) is 13.8. The van der Waals surface area contributed by atoms with Crippen LogP contribution in [0.2, 0.25) is 0 Å². The molecule has 0 radical (unpaired) electrons. The summed E-state index contributed by atoms with van der Waals surface area (Å²) in [4.78, 5) is 15.9. The molecule has 1 N–H and O–H groups in total. The molecular weight excluding hydrogens is 268 g/mol. The van der Waals surface area contributed by atoms with Gasteiger partial charge in [0.1, 0.15) is 0 Å². The van der Waals surface area contributed by atoms with Crippen molar-refractivity contribution in [1.29, 1.82) is 0 Å². The Labute approximate surface area is 126 Å². The van der Waals surface area contributed by atoms with E-state index < -0.39 is 0 Å². The van der Waals surface area contributed by atoms with Crippen LogP contribution in [0.15, 0.2) is 17.5 Å². The first-order valence-electron chi connectivity index (χ1n) is 7.44. The minimum atomic E-state index is 0.0125. The zero-order valence-electron chi connectivity index (χ0n) is 13.0. The standard InChI is InChI=1S/C16H26N2OS/c1-12(2)8-13-10-17-16(3,4)11-18(13)15(19)9-14-6-5-7-20-14/h5-7,12-13,17H,8-11H2,1-4H3. The minimum absolute atomic E-state index is 0.0125. The van der Waals surface area contributed by atoms with Crippen LogP contribution in [0, 0.1) is 5.92 Å². The van der Waals surface area contributed by atoms with E-state index in [4.69, 9.17) is 0 Å². The van der Waals surface area contributed by atoms with Crippen LogP contribution >= 0.6 is 11.3 Å². The van der Waals surface area contributed by atoms with Gasteiger partial charge in [-0.1, -0.05) is 19.9 Å². The summed E-state index contributed by atoms with van der Waals surface area (Å²) < 4.78 is 0. The molecule has 20 heavy (non-hydrogen) atoms. The Balaban J connectivity index is 2.07. The third-order valence-electron chi connectivity index (χ3n) is 3.79. The summed E-state index contributed by atoms with van der Waals surface area (Å²) >= 11 is 1.67. The third kappa shape index (κ3) is 4.06. The molecule has 1 unspecified atom stereocenters. The van der Waals surface area contributed by atoms with Gasteiger partial charge in [0.25, 0.3) is 0 Å². The topological polar surface area (TPSA) is 32.3 Å². The normalized spacial score (nSPS) is 22.2. The molecule has 0 aromatic carbocycles. The lowest BCUT2D eigenvalue weighted by atomic mass is 9.93. The van der Waals surface area contributed by atoms with Gasteiger partial charge in [-0.25, -0.2) is 0 Å². The quantitative estimate of drug-likeness (QED) is 0.926. The lowest BCUT2D eigenvalue weighted by molar-refractivity contribution is -0.135. The molecule has 1 aromatic rings. The van der Waals surface area contributed by atoms with Gasteiger partial charge in [-0.05, 0) is 37.6 Å². The lowest BCUT2D eigenvalue weighted by Crippen LogP contribution is -2.63. The van der Waals surface area contributed by atoms with E-state index in [1.165, 1.54) is 0 Å². The molecule has 1 aliphatic rings. The number of thiophene rings is 1. The third-order valence-corrected chi connectivity index (χ3v) is 4.67. The molecule has 1 atom stereocenters. The summed E-state index contributed by atoms with van der Waals surface area (Å²) in [6.45, 7) is 10.5. The second-order valence-corrected chi connectivity index (χ2v) is 7.86. The van der Waals surface area contributed by atoms with E-state index in [1.807, 2.05) is 17.5 Å². The molecule has 0 aliphatic carbocycles. The number of nitrogens with one attached hydrogen (secondary N) is 1. The molecule has 0 bridgehead atoms. The van der Waals surface area contributed by atoms with Gasteiger partial charge in [0.2, 0.25) is 5.91 Å². The molecule has 1 aliphatic heterocycles. The number of hydrogen-bond acceptors (Lipinski definition) is 3. The Morgan fingerprint density at radius 1 is 1.55 bits per heavy atom. The first kappa shape index (κ1) is 15.5. The fourth-order valence-electron chi connectivity index (χ4n) is 2.83. The molecule has 1 aromatic heterocycles. The Hall–Kier alpha value is -0.870. The number of amides is 1. The highest BCUT2D eigenvalue weighted by Gasteiger charge is 2.35. The van der Waals surface area contributed by atoms with Crippen molar-refractivity contribution < 1.29 is 4.79 Å². The van der Waals surface area contributed by atoms with Crippen LogP contribution in [-0.4, -0.2) is 35.5 Å². The van der Waals surface area contributed by atoms with Crippen molar-refractivity contribution in [2.75, 3.05) is 13.1 Å². The van der Waals surface area contributed by atoms with E-state index in [2.05, 4.69) is 37.9 Å². The predicted octanol–water partition coefficient (Wildman–Crippen LogP) is 2.92. The summed E-state index contributed by atoms with van der Waals surface area (Å²) in [7, 11) is 0. The Kier molecular flexibility index (Phi) is 4.86. The lowest BCUT2D eigenvalue weighted by Gasteiger charge is -2.45. The molecule has 2 rings (SSSR count). The van der Waals surface area contributed by atoms with Crippen molar-refractivity contribution in [2.24, 2.45) is 5.92 Å². The van der Waals surface area contributed by atoms with Gasteiger partial charge in [-0.15, -0.1) is 11.3 Å². The molecule has 0 spiro atoms. The average Bonchev–Trinajstić information content (AvgIpc) is 2.83. The number of rotatable bonds is 4. The maximum Gasteiger partial charge on any atom is 0.228 e. The van der Waals surface area contributed by atoms with Gasteiger partial charge in [-0.3, -0.25) is 4.79 Å². The maximum atomic E-state index is 12.6. The molecule has 3 nitrogen and oxygen atoms in total. The molecular formula is C16H26N2OS. The molecule has 2 heterocycles. The van der Waals surface area contributed by atoms with Gasteiger partial charge in [0, 0.05) is 29.5 Å². The molecule has 1 fully saturated rings. The smallest absolute Gasteiger partial charge is 0.228 e. The highest BCUT2D eigenvalue weighted by atomic mass is 32.1. The number of carbonyl (C=O) groups is 1. The SMILES string of the molecule is CC(C)CC1CNC(C)(C)CN1C(=O)Cc1cccs1. The van der Waals surface area contributed by atoms with Gasteiger partial charge in [0.05, 0.1) is 6.42 Å². The van der Waals surface area contributed by atoms with Crippen LogP contribution in [0.5, 0.6) is 0 Å². The van der Waals surface area contributed by atoms with Crippen LogP contribution in [0.1, 0.15) is 39.0 Å². The summed E-state index contributed by atoms with van der Waals surface area (Å²) in [6, 6.07) is 4.39. The summed E-state index contributed by atoms with van der Waals surface area (Å²) in [5.41, 5.74) is 0.0125. The second kappa shape index (κ2) is 6.27. The van der Waals surface area contributed by atoms with E-state index in [0.717, 1.165) is 24.4 Å². The molecule has 112 valence electrons. The number of carbonyl (C=O) groups excluding carboxylic acids is 1. The van der Waals surface area contributed by atoms with E-state index in [9.17, 15) is 4.79 Å². The first-order chi connectivity index (χ1) is 9.37. The van der Waals surface area contributed by atoms with E-state index >= 15 is 0 Å². The van der Waals surface area contributed by atoms with Gasteiger partial charge >= 0.3 is 0 Å². The number of piperazine rings is 1. The van der Waals surface area contributed by atoms with E-state index in [1.54, 1.807) is 11.3 Å². The van der Waals surface area contributed by atoms with Crippen LogP contribution in [0.25, 0.3) is 0 Å². The fraction of sp³-hybridized carbons (Fsp3) is 0.688. The van der Waals surface area contributed by atoms with Crippen LogP contribution in [0.4, 0.5) is 0 Å². The van der Waals surface area contributed by atoms with Crippen molar-refractivity contribution >= 4 is 17.2 Å². The number of nitrogens with zero attached hydrogens (tertiary/aromatic N) is 1. The van der Waals surface area contributed by atoms with Crippen LogP contribution in [-0.2, 0) is 11.2 Å². The van der Waals surface area contributed by atoms with Crippen LogP contribution < -0.4 is 5.32 Å². The van der Waals surface area contributed by atoms with E-state index in [-0.39, 0.29) is 11.4 Å². The van der Waals surface area contributed by atoms with Crippen molar-refractivity contribution in [1.82, 2.24) is 10.2 Å². The monoisotopic (exact) mass is 294 g/mol. The van der Waals surface area contributed by atoms with E-state index in [0.29, 0.717) is 18.4 Å². The van der Waals surface area contributed by atoms with Crippen molar-refractivity contribution in [3.63, 3.8) is 0 Å². The molecule has 1 saturated heterocycles. The van der Waals surface area contributed by atoms with Crippen LogP contribution in [0.3, 0.4) is 0 Å². The summed E-state index contributed by atoms with van der Waals surface area (Å²) in [5.74, 6) is 0.882. The first-order valence-corrected chi connectivity index (χ1v) is 8.32. The Bertz CT molecular complexity index is 439. The zero-order chi connectivity index (χ0) is 14.8. The Morgan fingerprint density at radius 2 is 2.30 bits per heavy atom. The molecule has 1 amide bonds. The molecule has 4 heteroatoms. The average molecular weight is 294 g/mol. The van der Waals surface area contributed by atoms with Gasteiger partial charge in [0.15, 0.2) is 0 Å². The highest BCUT2D eigenvalue weighted by molar-refractivity contribution is 7.10. The van der Waals surface area contributed by atoms with Crippen molar-refractivity contribution in [3.05, 3.63) is 22.4 Å². The predicted molar refractivity (Wildman–Crippen MR) is 85.1 cm³/mol. The second-order valence-electron chi connectivity index (χ2n) is 6.83. The van der Waals surface area contributed by atoms with Crippen molar-refractivity contribution in [3.8, 4) is 0 Å². The van der Waals surface area contributed by atoms with Crippen molar-refractivity contribution in [2.45, 2.75) is 52.1 Å². The maximum absolute atomic E-state index is 12.6. The Morgan fingerprint density at radius 3 is 2.90 bits per heavy atom. The summed E-state index contributed by atoms with van der Waals surface area (Å²) in [5, 5.41) is 5.60. The number of hydrogen-bond donors (Lipinski definition) is 1. The molecule has 0 saturated carbocycles. The largest absolute Gasteiger partial charge is 0.336 e.